The number of hydrogen-bond acceptors (Lipinski definition) is 4. The van der Waals surface area contributed by atoms with Crippen molar-refractivity contribution < 1.29 is 13.2 Å². The molecule has 2 aromatic carbocycles. The molecule has 146 valence electrons. The van der Waals surface area contributed by atoms with E-state index in [2.05, 4.69) is 15.6 Å². The Morgan fingerprint density at radius 3 is 2.26 bits per heavy atom. The Bertz CT molecular complexity index is 848. The lowest BCUT2D eigenvalue weighted by Crippen LogP contribution is -2.40. The second kappa shape index (κ2) is 9.94. The molecule has 0 fully saturated rings. The zero-order valence-corrected chi connectivity index (χ0v) is 16.4. The first kappa shape index (κ1) is 20.7. The normalized spacial score (nSPS) is 11.9. The van der Waals surface area contributed by atoms with Crippen LogP contribution in [0.3, 0.4) is 0 Å². The molecule has 2 rings (SSSR count). The van der Waals surface area contributed by atoms with Crippen LogP contribution in [-0.2, 0) is 16.4 Å². The van der Waals surface area contributed by atoms with Crippen LogP contribution in [0.15, 0.2) is 58.4 Å². The van der Waals surface area contributed by atoms with E-state index in [1.165, 1.54) is 17.7 Å². The summed E-state index contributed by atoms with van der Waals surface area (Å²) in [6.07, 6.45) is 0.728. The molecular weight excluding hydrogens is 364 g/mol. The number of benzene rings is 2. The highest BCUT2D eigenvalue weighted by atomic mass is 32.2. The van der Waals surface area contributed by atoms with Gasteiger partial charge in [0.15, 0.2) is 5.96 Å². The Kier molecular flexibility index (Phi) is 7.63. The molecule has 0 unspecified atom stereocenters. The van der Waals surface area contributed by atoms with Crippen LogP contribution in [0, 0.1) is 6.92 Å². The number of hydrogen-bond donors (Lipinski definition) is 3. The number of nitrogens with zero attached hydrogens (tertiary/aromatic N) is 1. The maximum absolute atomic E-state index is 11.2. The standard InChI is InChI=1S/C19H26N4O3S/c1-15-3-7-17(8-4-15)26-14-13-23-19(21-2)22-12-11-16-5-9-18(10-6-16)27(20,24)25/h3-10H,11-14H2,1-2H3,(H2,20,24,25)(H2,21,22,23). The fourth-order valence-corrected chi connectivity index (χ4v) is 2.88. The van der Waals surface area contributed by atoms with Crippen LogP contribution in [0.1, 0.15) is 11.1 Å². The zero-order chi connectivity index (χ0) is 19.7. The molecule has 8 heteroatoms. The maximum atomic E-state index is 11.2. The van der Waals surface area contributed by atoms with Gasteiger partial charge in [-0.3, -0.25) is 4.99 Å². The van der Waals surface area contributed by atoms with Crippen molar-refractivity contribution in [3.05, 3.63) is 59.7 Å². The van der Waals surface area contributed by atoms with Crippen molar-refractivity contribution in [2.75, 3.05) is 26.7 Å². The van der Waals surface area contributed by atoms with E-state index in [4.69, 9.17) is 9.88 Å². The van der Waals surface area contributed by atoms with Crippen LogP contribution in [0.4, 0.5) is 0 Å². The number of nitrogens with two attached hydrogens (primary N) is 1. The van der Waals surface area contributed by atoms with Gasteiger partial charge < -0.3 is 15.4 Å². The lowest BCUT2D eigenvalue weighted by molar-refractivity contribution is 0.322. The first-order chi connectivity index (χ1) is 12.9. The van der Waals surface area contributed by atoms with Gasteiger partial charge in [-0.05, 0) is 43.2 Å². The van der Waals surface area contributed by atoms with E-state index in [1.54, 1.807) is 19.2 Å². The van der Waals surface area contributed by atoms with Gasteiger partial charge in [0.1, 0.15) is 12.4 Å². The third-order valence-electron chi connectivity index (χ3n) is 3.87. The predicted molar refractivity (Wildman–Crippen MR) is 108 cm³/mol. The van der Waals surface area contributed by atoms with Crippen molar-refractivity contribution in [1.29, 1.82) is 0 Å². The molecule has 0 atom stereocenters. The Balaban J connectivity index is 1.68. The molecule has 7 nitrogen and oxygen atoms in total. The highest BCUT2D eigenvalue weighted by Gasteiger charge is 2.06. The number of aryl methyl sites for hydroxylation is 1. The first-order valence-corrected chi connectivity index (χ1v) is 10.2. The van der Waals surface area contributed by atoms with Crippen molar-refractivity contribution in [2.45, 2.75) is 18.2 Å². The number of aliphatic imine (C=N–C) groups is 1. The average molecular weight is 391 g/mol. The van der Waals surface area contributed by atoms with Gasteiger partial charge in [-0.2, -0.15) is 0 Å². The Morgan fingerprint density at radius 1 is 1.04 bits per heavy atom. The number of rotatable bonds is 8. The van der Waals surface area contributed by atoms with Gasteiger partial charge in [0, 0.05) is 13.6 Å². The van der Waals surface area contributed by atoms with Gasteiger partial charge in [-0.15, -0.1) is 0 Å². The molecule has 0 saturated heterocycles. The Hall–Kier alpha value is -2.58. The number of ether oxygens (including phenoxy) is 1. The molecule has 0 aliphatic rings. The summed E-state index contributed by atoms with van der Waals surface area (Å²) in [5.41, 5.74) is 2.21. The average Bonchev–Trinajstić information content (AvgIpc) is 2.65. The second-order valence-electron chi connectivity index (χ2n) is 6.03. The van der Waals surface area contributed by atoms with Crippen molar-refractivity contribution in [2.24, 2.45) is 10.1 Å². The van der Waals surface area contributed by atoms with Crippen LogP contribution in [0.25, 0.3) is 0 Å². The quantitative estimate of drug-likeness (QED) is 0.359. The monoisotopic (exact) mass is 390 g/mol. The molecule has 0 saturated carbocycles. The minimum atomic E-state index is -3.65. The highest BCUT2D eigenvalue weighted by Crippen LogP contribution is 2.11. The molecule has 0 aliphatic carbocycles. The van der Waals surface area contributed by atoms with E-state index < -0.39 is 10.0 Å². The van der Waals surface area contributed by atoms with E-state index in [-0.39, 0.29) is 4.90 Å². The SMILES string of the molecule is CN=C(NCCOc1ccc(C)cc1)NCCc1ccc(S(N)(=O)=O)cc1. The largest absolute Gasteiger partial charge is 0.492 e. The number of primary sulfonamides is 1. The lowest BCUT2D eigenvalue weighted by Gasteiger charge is -2.12. The zero-order valence-electron chi connectivity index (χ0n) is 15.6. The fourth-order valence-electron chi connectivity index (χ4n) is 2.36. The fraction of sp³-hybridized carbons (Fsp3) is 0.316. The van der Waals surface area contributed by atoms with E-state index in [9.17, 15) is 8.42 Å². The predicted octanol–water partition coefficient (Wildman–Crippen LogP) is 1.43. The molecule has 0 aromatic heterocycles. The number of nitrogens with one attached hydrogen (secondary N) is 2. The maximum Gasteiger partial charge on any atom is 0.238 e. The third kappa shape index (κ3) is 7.28. The summed E-state index contributed by atoms with van der Waals surface area (Å²) in [6, 6.07) is 14.5. The molecule has 27 heavy (non-hydrogen) atoms. The number of guanidine groups is 1. The van der Waals surface area contributed by atoms with E-state index in [1.807, 2.05) is 31.2 Å². The van der Waals surface area contributed by atoms with Crippen LogP contribution >= 0.6 is 0 Å². The molecule has 0 bridgehead atoms. The molecule has 0 amide bonds. The van der Waals surface area contributed by atoms with Crippen LogP contribution in [0.5, 0.6) is 5.75 Å². The second-order valence-corrected chi connectivity index (χ2v) is 7.59. The van der Waals surface area contributed by atoms with Gasteiger partial charge in [-0.1, -0.05) is 29.8 Å². The summed E-state index contributed by atoms with van der Waals surface area (Å²) < 4.78 is 28.2. The molecule has 0 radical (unpaired) electrons. The van der Waals surface area contributed by atoms with Crippen LogP contribution in [0.2, 0.25) is 0 Å². The minimum absolute atomic E-state index is 0.116. The summed E-state index contributed by atoms with van der Waals surface area (Å²) in [7, 11) is -1.94. The third-order valence-corrected chi connectivity index (χ3v) is 4.80. The molecule has 0 heterocycles. The van der Waals surface area contributed by atoms with E-state index in [0.717, 1.165) is 17.7 Å². The van der Waals surface area contributed by atoms with Crippen LogP contribution in [-0.4, -0.2) is 41.1 Å². The summed E-state index contributed by atoms with van der Waals surface area (Å²) in [6.45, 7) is 3.85. The molecule has 4 N–H and O–H groups in total. The first-order valence-electron chi connectivity index (χ1n) is 8.64. The summed E-state index contributed by atoms with van der Waals surface area (Å²) >= 11 is 0. The molecule has 0 aliphatic heterocycles. The van der Waals surface area contributed by atoms with E-state index >= 15 is 0 Å². The van der Waals surface area contributed by atoms with Gasteiger partial charge in [0.05, 0.1) is 11.4 Å². The summed E-state index contributed by atoms with van der Waals surface area (Å²) in [5, 5.41) is 11.5. The minimum Gasteiger partial charge on any atom is -0.492 e. The van der Waals surface area contributed by atoms with Gasteiger partial charge in [-0.25, -0.2) is 13.6 Å². The Morgan fingerprint density at radius 2 is 1.67 bits per heavy atom. The molecule has 2 aromatic rings. The van der Waals surface area contributed by atoms with Crippen molar-refractivity contribution in [3.63, 3.8) is 0 Å². The van der Waals surface area contributed by atoms with Crippen molar-refractivity contribution in [1.82, 2.24) is 10.6 Å². The van der Waals surface area contributed by atoms with Crippen LogP contribution < -0.4 is 20.5 Å². The van der Waals surface area contributed by atoms with Gasteiger partial charge in [0.2, 0.25) is 10.0 Å². The number of sulfonamides is 1. The van der Waals surface area contributed by atoms with E-state index in [0.29, 0.717) is 25.7 Å². The smallest absolute Gasteiger partial charge is 0.238 e. The van der Waals surface area contributed by atoms with Gasteiger partial charge >= 0.3 is 0 Å². The van der Waals surface area contributed by atoms with Gasteiger partial charge in [0.25, 0.3) is 0 Å². The lowest BCUT2D eigenvalue weighted by atomic mass is 10.1. The summed E-state index contributed by atoms with van der Waals surface area (Å²) in [4.78, 5) is 4.28. The molecular formula is C19H26N4O3S. The summed E-state index contributed by atoms with van der Waals surface area (Å²) in [5.74, 6) is 1.52. The Labute approximate surface area is 160 Å². The van der Waals surface area contributed by atoms with Crippen molar-refractivity contribution >= 4 is 16.0 Å². The topological polar surface area (TPSA) is 106 Å². The molecule has 0 spiro atoms. The highest BCUT2D eigenvalue weighted by molar-refractivity contribution is 7.89. The van der Waals surface area contributed by atoms with Crippen molar-refractivity contribution in [3.8, 4) is 5.75 Å².